The van der Waals surface area contributed by atoms with Crippen molar-refractivity contribution in [1.29, 1.82) is 0 Å². The molecule has 0 heterocycles. The van der Waals surface area contributed by atoms with Gasteiger partial charge in [-0.05, 0) is 30.7 Å². The van der Waals surface area contributed by atoms with Crippen LogP contribution >= 0.6 is 15.9 Å². The van der Waals surface area contributed by atoms with Gasteiger partial charge in [0.15, 0.2) is 0 Å². The number of amides is 2. The first-order chi connectivity index (χ1) is 10.6. The molecule has 0 aliphatic rings. The molecule has 0 unspecified atom stereocenters. The van der Waals surface area contributed by atoms with Gasteiger partial charge in [0, 0.05) is 17.2 Å². The molecular formula is C14H16BrF3N2O3. The third-order valence-corrected chi connectivity index (χ3v) is 3.25. The lowest BCUT2D eigenvalue weighted by atomic mass is 10.2. The molecule has 0 radical (unpaired) electrons. The largest absolute Gasteiger partial charge is 0.411 e. The van der Waals surface area contributed by atoms with Crippen LogP contribution in [0.25, 0.3) is 0 Å². The van der Waals surface area contributed by atoms with E-state index in [0.717, 1.165) is 14.9 Å². The number of nitrogens with zero attached hydrogens (tertiary/aromatic N) is 1. The molecule has 0 aliphatic heterocycles. The number of anilines is 1. The molecule has 0 aliphatic carbocycles. The molecule has 0 atom stereocenters. The molecule has 1 N–H and O–H groups in total. The number of hydrogen-bond acceptors (Lipinski definition) is 3. The second kappa shape index (κ2) is 8.30. The van der Waals surface area contributed by atoms with Crippen molar-refractivity contribution in [3.05, 3.63) is 28.2 Å². The number of rotatable bonds is 6. The van der Waals surface area contributed by atoms with Crippen molar-refractivity contribution < 1.29 is 27.5 Å². The van der Waals surface area contributed by atoms with Crippen LogP contribution in [0.3, 0.4) is 0 Å². The van der Waals surface area contributed by atoms with Crippen molar-refractivity contribution in [2.45, 2.75) is 13.1 Å². The van der Waals surface area contributed by atoms with Gasteiger partial charge in [-0.1, -0.05) is 15.9 Å². The summed E-state index contributed by atoms with van der Waals surface area (Å²) in [5, 5.41) is 2.63. The van der Waals surface area contributed by atoms with Gasteiger partial charge >= 0.3 is 6.18 Å². The number of hydrogen-bond donors (Lipinski definition) is 1. The number of ether oxygens (including phenoxy) is 1. The fraction of sp³-hybridized carbons (Fsp3) is 0.429. The van der Waals surface area contributed by atoms with Crippen molar-refractivity contribution in [3.63, 3.8) is 0 Å². The Hall–Kier alpha value is -1.61. The highest BCUT2D eigenvalue weighted by molar-refractivity contribution is 9.10. The predicted molar refractivity (Wildman–Crippen MR) is 82.0 cm³/mol. The molecule has 0 bridgehead atoms. The maximum absolute atomic E-state index is 11.9. The van der Waals surface area contributed by atoms with Gasteiger partial charge in [-0.15, -0.1) is 0 Å². The summed E-state index contributed by atoms with van der Waals surface area (Å²) in [5.41, 5.74) is 1.42. The van der Waals surface area contributed by atoms with Crippen LogP contribution in [0.1, 0.15) is 5.56 Å². The average Bonchev–Trinajstić information content (AvgIpc) is 2.40. The standard InChI is InChI=1S/C14H16BrF3N2O3/c1-9-5-10(15)3-4-11(9)19-12(21)6-20(2)13(22)7-23-8-14(16,17)18/h3-5H,6-8H2,1-2H3,(H,19,21). The van der Waals surface area contributed by atoms with E-state index >= 15 is 0 Å². The van der Waals surface area contributed by atoms with Crippen molar-refractivity contribution in [2.75, 3.05) is 32.1 Å². The second-order valence-corrected chi connectivity index (χ2v) is 5.78. The van der Waals surface area contributed by atoms with E-state index in [1.54, 1.807) is 19.1 Å². The lowest BCUT2D eigenvalue weighted by Crippen LogP contribution is -2.37. The molecule has 1 aromatic carbocycles. The molecule has 0 fully saturated rings. The van der Waals surface area contributed by atoms with E-state index in [2.05, 4.69) is 26.0 Å². The van der Waals surface area contributed by atoms with Crippen LogP contribution in [-0.4, -0.2) is 49.7 Å². The van der Waals surface area contributed by atoms with Crippen molar-refractivity contribution >= 4 is 33.4 Å². The summed E-state index contributed by atoms with van der Waals surface area (Å²) in [6.45, 7) is -0.721. The Morgan fingerprint density at radius 3 is 2.57 bits per heavy atom. The number of likely N-dealkylation sites (N-methyl/N-ethyl adjacent to an activating group) is 1. The van der Waals surface area contributed by atoms with E-state index in [0.29, 0.717) is 5.69 Å². The normalized spacial score (nSPS) is 11.2. The lowest BCUT2D eigenvalue weighted by molar-refractivity contribution is -0.177. The van der Waals surface area contributed by atoms with E-state index in [-0.39, 0.29) is 6.54 Å². The Bertz CT molecular complexity index is 579. The summed E-state index contributed by atoms with van der Waals surface area (Å²) < 4.78 is 40.8. The predicted octanol–water partition coefficient (Wildman–Crippen LogP) is 2.73. The number of aryl methyl sites for hydroxylation is 1. The lowest BCUT2D eigenvalue weighted by Gasteiger charge is -2.17. The minimum absolute atomic E-state index is 0.288. The number of halogens is 4. The van der Waals surface area contributed by atoms with Crippen molar-refractivity contribution in [1.82, 2.24) is 4.90 Å². The van der Waals surface area contributed by atoms with Gasteiger partial charge in [-0.25, -0.2) is 0 Å². The van der Waals surface area contributed by atoms with Gasteiger partial charge in [-0.2, -0.15) is 13.2 Å². The van der Waals surface area contributed by atoms with Gasteiger partial charge in [0.25, 0.3) is 0 Å². The Morgan fingerprint density at radius 1 is 1.35 bits per heavy atom. The zero-order valence-corrected chi connectivity index (χ0v) is 14.1. The third-order valence-electron chi connectivity index (χ3n) is 2.76. The van der Waals surface area contributed by atoms with Gasteiger partial charge in [0.2, 0.25) is 11.8 Å². The molecule has 0 saturated heterocycles. The first-order valence-electron chi connectivity index (χ1n) is 6.53. The van der Waals surface area contributed by atoms with Crippen molar-refractivity contribution in [3.8, 4) is 0 Å². The first kappa shape index (κ1) is 19.4. The molecule has 23 heavy (non-hydrogen) atoms. The van der Waals surface area contributed by atoms with Crippen LogP contribution in [-0.2, 0) is 14.3 Å². The van der Waals surface area contributed by atoms with E-state index in [4.69, 9.17) is 0 Å². The van der Waals surface area contributed by atoms with E-state index < -0.39 is 31.2 Å². The summed E-state index contributed by atoms with van der Waals surface area (Å²) >= 11 is 3.30. The molecular weight excluding hydrogens is 381 g/mol. The molecule has 9 heteroatoms. The zero-order chi connectivity index (χ0) is 17.6. The summed E-state index contributed by atoms with van der Waals surface area (Å²) in [6, 6.07) is 5.27. The Balaban J connectivity index is 2.45. The van der Waals surface area contributed by atoms with Gasteiger partial charge in [0.1, 0.15) is 13.2 Å². The Kier molecular flexibility index (Phi) is 7.01. The van der Waals surface area contributed by atoms with Crippen LogP contribution in [0.15, 0.2) is 22.7 Å². The molecule has 0 saturated carbocycles. The van der Waals surface area contributed by atoms with Gasteiger partial charge < -0.3 is 15.0 Å². The zero-order valence-electron chi connectivity index (χ0n) is 12.5. The van der Waals surface area contributed by atoms with E-state index in [1.165, 1.54) is 7.05 Å². The highest BCUT2D eigenvalue weighted by Crippen LogP contribution is 2.20. The summed E-state index contributed by atoms with van der Waals surface area (Å²) in [7, 11) is 1.31. The molecule has 0 aromatic heterocycles. The number of carbonyl (C=O) groups is 2. The molecule has 5 nitrogen and oxygen atoms in total. The van der Waals surface area contributed by atoms with Crippen LogP contribution in [0.4, 0.5) is 18.9 Å². The molecule has 128 valence electrons. The highest BCUT2D eigenvalue weighted by atomic mass is 79.9. The van der Waals surface area contributed by atoms with Crippen LogP contribution < -0.4 is 5.32 Å². The minimum atomic E-state index is -4.49. The third kappa shape index (κ3) is 7.47. The van der Waals surface area contributed by atoms with Crippen molar-refractivity contribution in [2.24, 2.45) is 0 Å². The summed E-state index contributed by atoms with van der Waals surface area (Å²) in [5.74, 6) is -1.17. The Morgan fingerprint density at radius 2 is 2.00 bits per heavy atom. The number of alkyl halides is 3. The van der Waals surface area contributed by atoms with E-state index in [1.807, 2.05) is 6.07 Å². The van der Waals surface area contributed by atoms with E-state index in [9.17, 15) is 22.8 Å². The van der Waals surface area contributed by atoms with Gasteiger partial charge in [-0.3, -0.25) is 9.59 Å². The number of benzene rings is 1. The van der Waals surface area contributed by atoms with Crippen LogP contribution in [0.2, 0.25) is 0 Å². The maximum Gasteiger partial charge on any atom is 0.411 e. The van der Waals surface area contributed by atoms with Crippen LogP contribution in [0, 0.1) is 6.92 Å². The van der Waals surface area contributed by atoms with Gasteiger partial charge in [0.05, 0.1) is 6.54 Å². The van der Waals surface area contributed by atoms with Crippen LogP contribution in [0.5, 0.6) is 0 Å². The Labute approximate surface area is 139 Å². The summed E-state index contributed by atoms with van der Waals surface area (Å²) in [6.07, 6.45) is -4.49. The molecule has 0 spiro atoms. The summed E-state index contributed by atoms with van der Waals surface area (Å²) in [4.78, 5) is 24.4. The maximum atomic E-state index is 11.9. The second-order valence-electron chi connectivity index (χ2n) is 4.87. The first-order valence-corrected chi connectivity index (χ1v) is 7.32. The quantitative estimate of drug-likeness (QED) is 0.803. The highest BCUT2D eigenvalue weighted by Gasteiger charge is 2.28. The number of nitrogens with one attached hydrogen (secondary N) is 1. The average molecular weight is 397 g/mol. The molecule has 2 amide bonds. The smallest absolute Gasteiger partial charge is 0.362 e. The molecule has 1 aromatic rings. The fourth-order valence-electron chi connectivity index (χ4n) is 1.62. The number of carbonyl (C=O) groups excluding carboxylic acids is 2. The fourth-order valence-corrected chi connectivity index (χ4v) is 2.10. The monoisotopic (exact) mass is 396 g/mol. The topological polar surface area (TPSA) is 58.6 Å². The SMILES string of the molecule is Cc1cc(Br)ccc1NC(=O)CN(C)C(=O)COCC(F)(F)F. The molecule has 1 rings (SSSR count). The minimum Gasteiger partial charge on any atom is -0.362 e.